The van der Waals surface area contributed by atoms with Crippen molar-refractivity contribution in [2.75, 3.05) is 0 Å². The van der Waals surface area contributed by atoms with E-state index in [1.165, 1.54) is 36.9 Å². The molecule has 0 spiro atoms. The van der Waals surface area contributed by atoms with E-state index in [0.29, 0.717) is 11.3 Å². The first-order chi connectivity index (χ1) is 8.11. The Kier molecular flexibility index (Phi) is 5.17. The first-order valence-corrected chi connectivity index (χ1v) is 7.07. The van der Waals surface area contributed by atoms with E-state index in [1.807, 2.05) is 0 Å². The fourth-order valence-electron chi connectivity index (χ4n) is 2.37. The molecule has 1 aromatic rings. The Morgan fingerprint density at radius 3 is 2.00 bits per heavy atom. The molecule has 1 rings (SSSR count). The molecule has 0 atom stereocenters. The average molecular weight is 233 g/mol. The van der Waals surface area contributed by atoms with Crippen LogP contribution in [-0.2, 0) is 5.41 Å². The first-order valence-electron chi connectivity index (χ1n) is 7.07. The fraction of sp³-hybridized carbons (Fsp3) is 0.688. The van der Waals surface area contributed by atoms with Crippen LogP contribution >= 0.6 is 0 Å². The van der Waals surface area contributed by atoms with Gasteiger partial charge in [0.1, 0.15) is 0 Å². The van der Waals surface area contributed by atoms with Gasteiger partial charge in [-0.05, 0) is 42.7 Å². The highest BCUT2D eigenvalue weighted by Gasteiger charge is 2.22. The van der Waals surface area contributed by atoms with Crippen LogP contribution in [0.1, 0.15) is 77.5 Å². The number of hydrogen-bond acceptors (Lipinski definition) is 1. The van der Waals surface area contributed by atoms with E-state index in [9.17, 15) is 0 Å². The SMILES string of the molecule is CCC(CC)c1ccc(C(C)(CC)CC)cn1. The molecule has 0 amide bonds. The smallest absolute Gasteiger partial charge is 0.0434 e. The maximum Gasteiger partial charge on any atom is 0.0434 e. The molecule has 96 valence electrons. The molecular formula is C16H27N. The van der Waals surface area contributed by atoms with Crippen LogP contribution < -0.4 is 0 Å². The van der Waals surface area contributed by atoms with Gasteiger partial charge in [0.2, 0.25) is 0 Å². The third kappa shape index (κ3) is 3.08. The van der Waals surface area contributed by atoms with Crippen molar-refractivity contribution >= 4 is 0 Å². The third-order valence-electron chi connectivity index (χ3n) is 4.45. The highest BCUT2D eigenvalue weighted by molar-refractivity contribution is 5.24. The van der Waals surface area contributed by atoms with Crippen LogP contribution in [0.3, 0.4) is 0 Å². The molecule has 0 fully saturated rings. The van der Waals surface area contributed by atoms with Crippen molar-refractivity contribution in [2.24, 2.45) is 0 Å². The Labute approximate surface area is 107 Å². The molecule has 0 aliphatic heterocycles. The lowest BCUT2D eigenvalue weighted by atomic mass is 9.78. The summed E-state index contributed by atoms with van der Waals surface area (Å²) in [5.41, 5.74) is 2.94. The van der Waals surface area contributed by atoms with Gasteiger partial charge in [0.25, 0.3) is 0 Å². The molecule has 0 radical (unpaired) electrons. The second-order valence-corrected chi connectivity index (χ2v) is 5.25. The van der Waals surface area contributed by atoms with Gasteiger partial charge in [-0.15, -0.1) is 0 Å². The van der Waals surface area contributed by atoms with Crippen LogP contribution in [0.4, 0.5) is 0 Å². The zero-order valence-electron chi connectivity index (χ0n) is 12.1. The van der Waals surface area contributed by atoms with Gasteiger partial charge in [0.05, 0.1) is 0 Å². The zero-order valence-corrected chi connectivity index (χ0v) is 12.1. The van der Waals surface area contributed by atoms with Gasteiger partial charge in [-0.3, -0.25) is 4.98 Å². The van der Waals surface area contributed by atoms with Gasteiger partial charge in [0, 0.05) is 17.8 Å². The summed E-state index contributed by atoms with van der Waals surface area (Å²) >= 11 is 0. The van der Waals surface area contributed by atoms with E-state index >= 15 is 0 Å². The van der Waals surface area contributed by atoms with Crippen LogP contribution in [0.5, 0.6) is 0 Å². The minimum atomic E-state index is 0.291. The Balaban J connectivity index is 2.94. The summed E-state index contributed by atoms with van der Waals surface area (Å²) in [6, 6.07) is 4.52. The van der Waals surface area contributed by atoms with E-state index in [1.54, 1.807) is 0 Å². The van der Waals surface area contributed by atoms with Gasteiger partial charge in [-0.2, -0.15) is 0 Å². The Morgan fingerprint density at radius 2 is 1.65 bits per heavy atom. The molecule has 0 aliphatic carbocycles. The normalized spacial score (nSPS) is 12.1. The van der Waals surface area contributed by atoms with Crippen LogP contribution in [0, 0.1) is 0 Å². The van der Waals surface area contributed by atoms with Crippen molar-refractivity contribution in [1.82, 2.24) is 4.98 Å². The van der Waals surface area contributed by atoms with Gasteiger partial charge in [-0.1, -0.05) is 40.7 Å². The molecule has 1 heterocycles. The van der Waals surface area contributed by atoms with Crippen molar-refractivity contribution in [3.05, 3.63) is 29.6 Å². The Hall–Kier alpha value is -0.850. The number of pyridine rings is 1. The molecule has 1 aromatic heterocycles. The van der Waals surface area contributed by atoms with E-state index in [4.69, 9.17) is 0 Å². The predicted molar refractivity (Wildman–Crippen MR) is 75.5 cm³/mol. The van der Waals surface area contributed by atoms with Gasteiger partial charge in [-0.25, -0.2) is 0 Å². The zero-order chi connectivity index (χ0) is 12.9. The van der Waals surface area contributed by atoms with Crippen molar-refractivity contribution in [3.8, 4) is 0 Å². The van der Waals surface area contributed by atoms with Crippen LogP contribution in [0.15, 0.2) is 18.3 Å². The molecule has 0 saturated carbocycles. The average Bonchev–Trinajstić information content (AvgIpc) is 2.40. The second-order valence-electron chi connectivity index (χ2n) is 5.25. The highest BCUT2D eigenvalue weighted by atomic mass is 14.7. The van der Waals surface area contributed by atoms with Crippen molar-refractivity contribution in [1.29, 1.82) is 0 Å². The fourth-order valence-corrected chi connectivity index (χ4v) is 2.37. The number of aromatic nitrogens is 1. The van der Waals surface area contributed by atoms with Gasteiger partial charge < -0.3 is 0 Å². The number of nitrogens with zero attached hydrogens (tertiary/aromatic N) is 1. The van der Waals surface area contributed by atoms with Gasteiger partial charge >= 0.3 is 0 Å². The quantitative estimate of drug-likeness (QED) is 0.669. The minimum Gasteiger partial charge on any atom is -0.261 e. The lowest BCUT2D eigenvalue weighted by Gasteiger charge is -2.27. The molecule has 1 heteroatoms. The topological polar surface area (TPSA) is 12.9 Å². The molecule has 0 aliphatic rings. The summed E-state index contributed by atoms with van der Waals surface area (Å²) in [6.45, 7) is 11.3. The predicted octanol–water partition coefficient (Wildman–Crippen LogP) is 5.06. The van der Waals surface area contributed by atoms with Crippen LogP contribution in [0.2, 0.25) is 0 Å². The molecule has 0 saturated heterocycles. The van der Waals surface area contributed by atoms with Crippen molar-refractivity contribution in [2.45, 2.75) is 71.6 Å². The lowest BCUT2D eigenvalue weighted by molar-refractivity contribution is 0.436. The largest absolute Gasteiger partial charge is 0.261 e. The molecule has 0 unspecified atom stereocenters. The molecule has 0 bridgehead atoms. The molecular weight excluding hydrogens is 206 g/mol. The first kappa shape index (κ1) is 14.2. The third-order valence-corrected chi connectivity index (χ3v) is 4.45. The van der Waals surface area contributed by atoms with Gasteiger partial charge in [0.15, 0.2) is 0 Å². The number of rotatable bonds is 6. The van der Waals surface area contributed by atoms with E-state index in [0.717, 1.165) is 0 Å². The van der Waals surface area contributed by atoms with E-state index < -0.39 is 0 Å². The van der Waals surface area contributed by atoms with Crippen LogP contribution in [0.25, 0.3) is 0 Å². The second kappa shape index (κ2) is 6.18. The number of hydrogen-bond donors (Lipinski definition) is 0. The maximum absolute atomic E-state index is 4.68. The maximum atomic E-state index is 4.68. The molecule has 0 N–H and O–H groups in total. The monoisotopic (exact) mass is 233 g/mol. The van der Waals surface area contributed by atoms with Crippen molar-refractivity contribution in [3.63, 3.8) is 0 Å². The summed E-state index contributed by atoms with van der Waals surface area (Å²) in [7, 11) is 0. The highest BCUT2D eigenvalue weighted by Crippen LogP contribution is 2.31. The summed E-state index contributed by atoms with van der Waals surface area (Å²) in [4.78, 5) is 4.68. The minimum absolute atomic E-state index is 0.291. The molecule has 0 aromatic carbocycles. The molecule has 17 heavy (non-hydrogen) atoms. The van der Waals surface area contributed by atoms with E-state index in [-0.39, 0.29) is 0 Å². The summed E-state index contributed by atoms with van der Waals surface area (Å²) in [6.07, 6.45) is 6.81. The molecule has 1 nitrogen and oxygen atoms in total. The van der Waals surface area contributed by atoms with Crippen LogP contribution in [-0.4, -0.2) is 4.98 Å². The van der Waals surface area contributed by atoms with Crippen molar-refractivity contribution < 1.29 is 0 Å². The standard InChI is InChI=1S/C16H27N/c1-6-13(7-2)15-11-10-14(12-17-15)16(5,8-3)9-4/h10-13H,6-9H2,1-5H3. The Bertz CT molecular complexity index is 318. The summed E-state index contributed by atoms with van der Waals surface area (Å²) < 4.78 is 0. The lowest BCUT2D eigenvalue weighted by Crippen LogP contribution is -2.20. The summed E-state index contributed by atoms with van der Waals surface area (Å²) in [5, 5.41) is 0. The Morgan fingerprint density at radius 1 is 1.06 bits per heavy atom. The summed E-state index contributed by atoms with van der Waals surface area (Å²) in [5.74, 6) is 0.624. The van der Waals surface area contributed by atoms with E-state index in [2.05, 4.69) is 57.9 Å².